The van der Waals surface area contributed by atoms with Crippen molar-refractivity contribution in [3.05, 3.63) is 42.1 Å². The van der Waals surface area contributed by atoms with Gasteiger partial charge in [-0.15, -0.1) is 0 Å². The van der Waals surface area contributed by atoms with Gasteiger partial charge in [0.1, 0.15) is 18.2 Å². The number of aliphatic hydroxyl groups excluding tert-OH is 1. The van der Waals surface area contributed by atoms with Crippen LogP contribution in [-0.4, -0.2) is 130 Å². The number of carbonyl (C=O) groups excluding carboxylic acids is 5. The van der Waals surface area contributed by atoms with Gasteiger partial charge < -0.3 is 39.9 Å². The van der Waals surface area contributed by atoms with Crippen LogP contribution in [0.3, 0.4) is 0 Å². The minimum atomic E-state index is -0.886. The second-order valence-electron chi connectivity index (χ2n) is 14.2. The van der Waals surface area contributed by atoms with Crippen LogP contribution in [0.15, 0.2) is 36.4 Å². The molecule has 15 nitrogen and oxygen atoms in total. The first kappa shape index (κ1) is 37.1. The maximum absolute atomic E-state index is 13.7. The van der Waals surface area contributed by atoms with Crippen LogP contribution >= 0.6 is 0 Å². The number of benzene rings is 1. The third-order valence-electron chi connectivity index (χ3n) is 10.6. The first-order chi connectivity index (χ1) is 25.3. The van der Waals surface area contributed by atoms with Crippen molar-refractivity contribution in [2.24, 2.45) is 5.92 Å². The molecule has 2 aliphatic heterocycles. The number of nitrogens with zero attached hydrogens (tertiary/aromatic N) is 5. The van der Waals surface area contributed by atoms with E-state index in [9.17, 15) is 29.1 Å². The molecule has 282 valence electrons. The summed E-state index contributed by atoms with van der Waals surface area (Å²) in [7, 11) is 0. The monoisotopic (exact) mass is 721 g/mol. The summed E-state index contributed by atoms with van der Waals surface area (Å²) in [4.78, 5) is 71.1. The second kappa shape index (κ2) is 17.7. The molecule has 3 N–H and O–H groups in total. The summed E-state index contributed by atoms with van der Waals surface area (Å²) in [6, 6.07) is 9.04. The predicted octanol–water partition coefficient (Wildman–Crippen LogP) is 2.25. The number of nitrogens with one attached hydrogen (secondary N) is 2. The Balaban J connectivity index is 1.10. The highest BCUT2D eigenvalue weighted by Crippen LogP contribution is 2.26. The van der Waals surface area contributed by atoms with E-state index in [4.69, 9.17) is 9.47 Å². The van der Waals surface area contributed by atoms with Gasteiger partial charge in [0.2, 0.25) is 17.7 Å². The SMILES string of the molecule is O=C(N[C@@H](CCCCO)C(=O)N1CCN(C(=O)OC2CCC2)CC1)c1cc(OCC(=O)N2CCC[C@H]2C(=O)NCC2CCC2)n(-c2ccccc2)n1. The molecule has 15 heteroatoms. The Bertz CT molecular complexity index is 1550. The quantitative estimate of drug-likeness (QED) is 0.233. The van der Waals surface area contributed by atoms with Crippen LogP contribution in [0.2, 0.25) is 0 Å². The number of likely N-dealkylation sites (tertiary alicyclic amines) is 1. The highest BCUT2D eigenvalue weighted by molar-refractivity contribution is 5.96. The molecule has 1 aromatic carbocycles. The van der Waals surface area contributed by atoms with Gasteiger partial charge in [0.05, 0.1) is 5.69 Å². The lowest BCUT2D eigenvalue weighted by molar-refractivity contribution is -0.140. The van der Waals surface area contributed by atoms with Crippen LogP contribution < -0.4 is 15.4 Å². The molecule has 4 aliphatic rings. The van der Waals surface area contributed by atoms with Crippen LogP contribution in [0, 0.1) is 5.92 Å². The van der Waals surface area contributed by atoms with Crippen molar-refractivity contribution in [3.63, 3.8) is 0 Å². The molecule has 5 amide bonds. The van der Waals surface area contributed by atoms with Crippen molar-refractivity contribution in [2.75, 3.05) is 52.5 Å². The van der Waals surface area contributed by atoms with Crippen molar-refractivity contribution in [2.45, 2.75) is 88.8 Å². The van der Waals surface area contributed by atoms with E-state index >= 15 is 0 Å². The van der Waals surface area contributed by atoms with Crippen molar-refractivity contribution in [3.8, 4) is 11.6 Å². The van der Waals surface area contributed by atoms with Gasteiger partial charge in [-0.25, -0.2) is 9.48 Å². The number of aromatic nitrogens is 2. The van der Waals surface area contributed by atoms with E-state index in [-0.39, 0.29) is 54.7 Å². The first-order valence-corrected chi connectivity index (χ1v) is 18.8. The lowest BCUT2D eigenvalue weighted by atomic mass is 9.85. The number of ether oxygens (including phenoxy) is 2. The Hall–Kier alpha value is -4.66. The van der Waals surface area contributed by atoms with Gasteiger partial charge in [-0.1, -0.05) is 24.6 Å². The second-order valence-corrected chi connectivity index (χ2v) is 14.2. The Kier molecular flexibility index (Phi) is 12.6. The third kappa shape index (κ3) is 9.22. The van der Waals surface area contributed by atoms with Crippen LogP contribution in [0.1, 0.15) is 81.1 Å². The fourth-order valence-electron chi connectivity index (χ4n) is 6.93. The maximum Gasteiger partial charge on any atom is 0.410 e. The Morgan fingerprint density at radius 1 is 0.885 bits per heavy atom. The molecule has 1 aromatic heterocycles. The van der Waals surface area contributed by atoms with E-state index in [0.717, 1.165) is 38.5 Å². The minimum absolute atomic E-state index is 0.00996. The average molecular weight is 722 g/mol. The van der Waals surface area contributed by atoms with Crippen molar-refractivity contribution in [1.29, 1.82) is 0 Å². The van der Waals surface area contributed by atoms with E-state index in [2.05, 4.69) is 15.7 Å². The molecule has 2 saturated heterocycles. The Morgan fingerprint density at radius 2 is 1.62 bits per heavy atom. The minimum Gasteiger partial charge on any atom is -0.467 e. The number of unbranched alkanes of at least 4 members (excludes halogenated alkanes) is 1. The number of para-hydroxylation sites is 1. The van der Waals surface area contributed by atoms with E-state index in [1.807, 2.05) is 18.2 Å². The van der Waals surface area contributed by atoms with Crippen molar-refractivity contribution in [1.82, 2.24) is 35.1 Å². The molecule has 3 heterocycles. The zero-order chi connectivity index (χ0) is 36.5. The predicted molar refractivity (Wildman–Crippen MR) is 189 cm³/mol. The number of rotatable bonds is 15. The maximum atomic E-state index is 13.7. The molecule has 4 fully saturated rings. The normalized spacial score (nSPS) is 19.7. The molecular weight excluding hydrogens is 670 g/mol. The molecule has 2 aliphatic carbocycles. The van der Waals surface area contributed by atoms with Crippen LogP contribution in [-0.2, 0) is 19.1 Å². The summed E-state index contributed by atoms with van der Waals surface area (Å²) in [5.74, 6) is -0.677. The van der Waals surface area contributed by atoms with E-state index < -0.39 is 18.0 Å². The van der Waals surface area contributed by atoms with Gasteiger partial charge in [0, 0.05) is 51.9 Å². The number of carbonyl (C=O) groups is 5. The smallest absolute Gasteiger partial charge is 0.410 e. The first-order valence-electron chi connectivity index (χ1n) is 18.8. The summed E-state index contributed by atoms with van der Waals surface area (Å²) >= 11 is 0. The summed E-state index contributed by atoms with van der Waals surface area (Å²) in [5, 5.41) is 19.8. The molecule has 0 unspecified atom stereocenters. The molecule has 2 saturated carbocycles. The Labute approximate surface area is 303 Å². The standard InChI is InChI=1S/C37H51N7O8/c45-22-5-4-15-29(36(49)41-18-20-42(21-19-41)37(50)52-28-13-7-14-28)39-34(47)30-23-33(44(40-30)27-11-2-1-3-12-27)51-25-32(46)43-17-8-16-31(43)35(48)38-24-26-9-6-10-26/h1-3,11-12,23,26,28-29,31,45H,4-10,13-22,24-25H2,(H,38,48)(H,39,47)/t29-,31-/m0/s1. The number of aliphatic hydroxyl groups is 1. The van der Waals surface area contributed by atoms with Crippen molar-refractivity contribution < 1.29 is 38.6 Å². The molecule has 0 spiro atoms. The van der Waals surface area contributed by atoms with Gasteiger partial charge in [0.15, 0.2) is 12.3 Å². The molecule has 2 atom stereocenters. The van der Waals surface area contributed by atoms with Crippen LogP contribution in [0.25, 0.3) is 5.69 Å². The van der Waals surface area contributed by atoms with Gasteiger partial charge in [-0.2, -0.15) is 5.10 Å². The molecular formula is C37H51N7O8. The average Bonchev–Trinajstić information content (AvgIpc) is 3.80. The van der Waals surface area contributed by atoms with Gasteiger partial charge in [0.25, 0.3) is 11.8 Å². The molecule has 6 rings (SSSR count). The van der Waals surface area contributed by atoms with E-state index in [1.165, 1.54) is 17.2 Å². The number of piperazine rings is 1. The van der Waals surface area contributed by atoms with Gasteiger partial charge >= 0.3 is 6.09 Å². The zero-order valence-corrected chi connectivity index (χ0v) is 29.7. The fourth-order valence-corrected chi connectivity index (χ4v) is 6.93. The van der Waals surface area contributed by atoms with Gasteiger partial charge in [-0.05, 0) is 82.3 Å². The van der Waals surface area contributed by atoms with E-state index in [0.29, 0.717) is 76.6 Å². The highest BCUT2D eigenvalue weighted by Gasteiger charge is 2.36. The molecule has 52 heavy (non-hydrogen) atoms. The largest absolute Gasteiger partial charge is 0.467 e. The molecule has 0 radical (unpaired) electrons. The molecule has 2 aromatic rings. The third-order valence-corrected chi connectivity index (χ3v) is 10.6. The number of amides is 5. The lowest BCUT2D eigenvalue weighted by Gasteiger charge is -2.37. The summed E-state index contributed by atoms with van der Waals surface area (Å²) < 4.78 is 12.9. The van der Waals surface area contributed by atoms with Crippen LogP contribution in [0.5, 0.6) is 5.88 Å². The zero-order valence-electron chi connectivity index (χ0n) is 29.7. The number of hydrogen-bond acceptors (Lipinski definition) is 9. The summed E-state index contributed by atoms with van der Waals surface area (Å²) in [6.07, 6.45) is 8.47. The highest BCUT2D eigenvalue weighted by atomic mass is 16.6. The van der Waals surface area contributed by atoms with Gasteiger partial charge in [-0.3, -0.25) is 19.2 Å². The van der Waals surface area contributed by atoms with Crippen molar-refractivity contribution >= 4 is 29.7 Å². The summed E-state index contributed by atoms with van der Waals surface area (Å²) in [5.41, 5.74) is 0.590. The lowest BCUT2D eigenvalue weighted by Crippen LogP contribution is -2.56. The molecule has 0 bridgehead atoms. The fraction of sp³-hybridized carbons (Fsp3) is 0.622. The van der Waals surface area contributed by atoms with Crippen LogP contribution in [0.4, 0.5) is 4.79 Å². The van der Waals surface area contributed by atoms with E-state index in [1.54, 1.807) is 26.8 Å². The summed E-state index contributed by atoms with van der Waals surface area (Å²) in [6.45, 7) is 1.98. The number of hydrogen-bond donors (Lipinski definition) is 3. The topological polar surface area (TPSA) is 176 Å². The Morgan fingerprint density at radius 3 is 2.29 bits per heavy atom.